The molecule has 0 aliphatic carbocycles. The molecule has 5 heteroatoms. The van der Waals surface area contributed by atoms with Crippen molar-refractivity contribution in [2.24, 2.45) is 5.84 Å². The number of benzene rings is 1. The van der Waals surface area contributed by atoms with Gasteiger partial charge in [0.2, 0.25) is 0 Å². The van der Waals surface area contributed by atoms with Gasteiger partial charge in [-0.15, -0.1) is 0 Å². The summed E-state index contributed by atoms with van der Waals surface area (Å²) in [5.41, 5.74) is 5.49. The third-order valence-electron chi connectivity index (χ3n) is 3.13. The van der Waals surface area contributed by atoms with Gasteiger partial charge in [0.05, 0.1) is 12.2 Å². The Morgan fingerprint density at radius 3 is 2.60 bits per heavy atom. The number of ether oxygens (including phenoxy) is 1. The fourth-order valence-electron chi connectivity index (χ4n) is 2.19. The zero-order valence-electron chi connectivity index (χ0n) is 12.1. The molecular weight excluding hydrogens is 252 g/mol. The quantitative estimate of drug-likeness (QED) is 0.646. The molecule has 3 N–H and O–H groups in total. The second-order valence-corrected chi connectivity index (χ2v) is 4.39. The van der Waals surface area contributed by atoms with E-state index in [9.17, 15) is 0 Å². The van der Waals surface area contributed by atoms with E-state index in [4.69, 9.17) is 10.6 Å². The van der Waals surface area contributed by atoms with Crippen molar-refractivity contribution < 1.29 is 4.74 Å². The number of nitrogen functional groups attached to an aromatic ring is 1. The van der Waals surface area contributed by atoms with Crippen LogP contribution in [0.25, 0.3) is 11.4 Å². The fourth-order valence-corrected chi connectivity index (χ4v) is 2.19. The van der Waals surface area contributed by atoms with Crippen LogP contribution >= 0.6 is 0 Å². The maximum absolute atomic E-state index is 5.63. The van der Waals surface area contributed by atoms with Crippen LogP contribution in [0.5, 0.6) is 5.75 Å². The van der Waals surface area contributed by atoms with Crippen molar-refractivity contribution >= 4 is 5.82 Å². The van der Waals surface area contributed by atoms with E-state index in [2.05, 4.69) is 22.3 Å². The molecule has 106 valence electrons. The summed E-state index contributed by atoms with van der Waals surface area (Å²) in [6.45, 7) is 6.58. The van der Waals surface area contributed by atoms with Crippen molar-refractivity contribution in [1.82, 2.24) is 9.97 Å². The summed E-state index contributed by atoms with van der Waals surface area (Å²) in [4.78, 5) is 9.09. The predicted octanol–water partition coefficient (Wildman–Crippen LogP) is 2.70. The molecule has 1 aromatic carbocycles. The lowest BCUT2D eigenvalue weighted by Gasteiger charge is -2.13. The van der Waals surface area contributed by atoms with E-state index < -0.39 is 0 Å². The molecule has 0 saturated carbocycles. The highest BCUT2D eigenvalue weighted by atomic mass is 16.5. The summed E-state index contributed by atoms with van der Waals surface area (Å²) in [5.74, 6) is 7.64. The van der Waals surface area contributed by atoms with E-state index >= 15 is 0 Å². The van der Waals surface area contributed by atoms with Crippen LogP contribution in [0.15, 0.2) is 24.3 Å². The van der Waals surface area contributed by atoms with Gasteiger partial charge < -0.3 is 10.2 Å². The van der Waals surface area contributed by atoms with Crippen LogP contribution in [-0.4, -0.2) is 16.6 Å². The fraction of sp³-hybridized carbons (Fsp3) is 0.333. The number of anilines is 1. The minimum atomic E-state index is 0.602. The van der Waals surface area contributed by atoms with E-state index in [-0.39, 0.29) is 0 Å². The minimum Gasteiger partial charge on any atom is -0.493 e. The van der Waals surface area contributed by atoms with E-state index in [1.54, 1.807) is 0 Å². The highest BCUT2D eigenvalue weighted by molar-refractivity contribution is 5.66. The lowest BCUT2D eigenvalue weighted by molar-refractivity contribution is 0.341. The van der Waals surface area contributed by atoms with Gasteiger partial charge in [0, 0.05) is 11.3 Å². The molecule has 0 amide bonds. The SMILES string of the molecule is CCOc1ccccc1-c1nc(C)c(CC)c(NN)n1. The highest BCUT2D eigenvalue weighted by Crippen LogP contribution is 2.29. The van der Waals surface area contributed by atoms with Crippen LogP contribution in [0.2, 0.25) is 0 Å². The highest BCUT2D eigenvalue weighted by Gasteiger charge is 2.13. The monoisotopic (exact) mass is 272 g/mol. The summed E-state index contributed by atoms with van der Waals surface area (Å²) in [7, 11) is 0. The third-order valence-corrected chi connectivity index (χ3v) is 3.13. The van der Waals surface area contributed by atoms with Crippen LogP contribution in [0.1, 0.15) is 25.1 Å². The Kier molecular flexibility index (Phi) is 4.53. The Labute approximate surface area is 119 Å². The first-order valence-corrected chi connectivity index (χ1v) is 6.77. The number of para-hydroxylation sites is 1. The lowest BCUT2D eigenvalue weighted by Crippen LogP contribution is -2.13. The molecule has 0 unspecified atom stereocenters. The number of nitrogens with zero attached hydrogens (tertiary/aromatic N) is 2. The Morgan fingerprint density at radius 1 is 1.20 bits per heavy atom. The maximum Gasteiger partial charge on any atom is 0.165 e. The first-order valence-electron chi connectivity index (χ1n) is 6.77. The number of rotatable bonds is 5. The molecule has 1 heterocycles. The van der Waals surface area contributed by atoms with E-state index in [0.29, 0.717) is 18.2 Å². The Morgan fingerprint density at radius 2 is 1.95 bits per heavy atom. The topological polar surface area (TPSA) is 73.1 Å². The van der Waals surface area contributed by atoms with Crippen LogP contribution in [0.3, 0.4) is 0 Å². The first-order chi connectivity index (χ1) is 9.71. The van der Waals surface area contributed by atoms with Gasteiger partial charge in [0.15, 0.2) is 5.82 Å². The molecule has 20 heavy (non-hydrogen) atoms. The molecule has 0 aliphatic rings. The molecule has 0 bridgehead atoms. The normalized spacial score (nSPS) is 10.4. The Balaban J connectivity index is 2.56. The standard InChI is InChI=1S/C15H20N4O/c1-4-11-10(3)17-14(18-15(11)19-16)12-8-6-7-9-13(12)20-5-2/h6-9H,4-5,16H2,1-3H3,(H,17,18,19). The van der Waals surface area contributed by atoms with Crippen molar-refractivity contribution in [2.45, 2.75) is 27.2 Å². The molecule has 2 rings (SSSR count). The molecule has 0 spiro atoms. The predicted molar refractivity (Wildman–Crippen MR) is 80.6 cm³/mol. The van der Waals surface area contributed by atoms with E-state index in [1.165, 1.54) is 0 Å². The van der Waals surface area contributed by atoms with Gasteiger partial charge in [-0.1, -0.05) is 19.1 Å². The van der Waals surface area contributed by atoms with Gasteiger partial charge in [0.25, 0.3) is 0 Å². The van der Waals surface area contributed by atoms with Crippen LogP contribution in [0.4, 0.5) is 5.82 Å². The second kappa shape index (κ2) is 6.34. The van der Waals surface area contributed by atoms with E-state index in [1.807, 2.05) is 38.1 Å². The Hall–Kier alpha value is -2.14. The van der Waals surface area contributed by atoms with Gasteiger partial charge >= 0.3 is 0 Å². The van der Waals surface area contributed by atoms with Crippen molar-refractivity contribution in [2.75, 3.05) is 12.0 Å². The Bertz CT molecular complexity index is 598. The molecule has 0 aliphatic heterocycles. The lowest BCUT2D eigenvalue weighted by atomic mass is 10.1. The summed E-state index contributed by atoms with van der Waals surface area (Å²) in [6.07, 6.45) is 0.832. The van der Waals surface area contributed by atoms with Gasteiger partial charge in [-0.05, 0) is 32.4 Å². The molecule has 1 aromatic heterocycles. The molecule has 2 aromatic rings. The molecule has 0 atom stereocenters. The summed E-state index contributed by atoms with van der Waals surface area (Å²) in [6, 6.07) is 7.75. The smallest absolute Gasteiger partial charge is 0.165 e. The number of hydrogen-bond donors (Lipinski definition) is 2. The zero-order chi connectivity index (χ0) is 14.5. The van der Waals surface area contributed by atoms with Gasteiger partial charge in [-0.3, -0.25) is 0 Å². The molecule has 0 fully saturated rings. The number of hydrazine groups is 1. The third kappa shape index (κ3) is 2.72. The van der Waals surface area contributed by atoms with Crippen LogP contribution in [-0.2, 0) is 6.42 Å². The second-order valence-electron chi connectivity index (χ2n) is 4.39. The summed E-state index contributed by atoms with van der Waals surface area (Å²) < 4.78 is 5.63. The largest absolute Gasteiger partial charge is 0.493 e. The van der Waals surface area contributed by atoms with E-state index in [0.717, 1.165) is 29.0 Å². The average Bonchev–Trinajstić information content (AvgIpc) is 2.47. The van der Waals surface area contributed by atoms with Crippen LogP contribution in [0, 0.1) is 6.92 Å². The van der Waals surface area contributed by atoms with Crippen molar-refractivity contribution in [1.29, 1.82) is 0 Å². The average molecular weight is 272 g/mol. The number of aryl methyl sites for hydroxylation is 1. The molecule has 0 saturated heterocycles. The summed E-state index contributed by atoms with van der Waals surface area (Å²) in [5, 5.41) is 0. The minimum absolute atomic E-state index is 0.602. The maximum atomic E-state index is 5.63. The zero-order valence-corrected chi connectivity index (χ0v) is 12.1. The molecule has 5 nitrogen and oxygen atoms in total. The van der Waals surface area contributed by atoms with Crippen molar-refractivity contribution in [3.05, 3.63) is 35.5 Å². The molecular formula is C15H20N4O. The van der Waals surface area contributed by atoms with Gasteiger partial charge in [-0.2, -0.15) is 0 Å². The van der Waals surface area contributed by atoms with Crippen LogP contribution < -0.4 is 16.0 Å². The number of nitrogens with one attached hydrogen (secondary N) is 1. The van der Waals surface area contributed by atoms with Gasteiger partial charge in [-0.25, -0.2) is 15.8 Å². The number of aromatic nitrogens is 2. The number of nitrogens with two attached hydrogens (primary N) is 1. The molecule has 0 radical (unpaired) electrons. The van der Waals surface area contributed by atoms with Crippen molar-refractivity contribution in [3.63, 3.8) is 0 Å². The number of hydrogen-bond acceptors (Lipinski definition) is 5. The van der Waals surface area contributed by atoms with Gasteiger partial charge in [0.1, 0.15) is 11.6 Å². The first kappa shape index (κ1) is 14.3. The summed E-state index contributed by atoms with van der Waals surface area (Å²) >= 11 is 0. The van der Waals surface area contributed by atoms with Crippen molar-refractivity contribution in [3.8, 4) is 17.1 Å².